The molecule has 0 amide bonds. The van der Waals surface area contributed by atoms with Gasteiger partial charge in [0.1, 0.15) is 0 Å². The molecule has 3 rings (SSSR count). The van der Waals surface area contributed by atoms with E-state index >= 15 is 0 Å². The van der Waals surface area contributed by atoms with Gasteiger partial charge in [-0.1, -0.05) is 38.1 Å². The number of nitrogens with one attached hydrogen (secondary N) is 1. The van der Waals surface area contributed by atoms with Crippen molar-refractivity contribution in [2.24, 2.45) is 0 Å². The fourth-order valence-electron chi connectivity index (χ4n) is 3.38. The molecule has 2 aromatic rings. The number of fused-ring (bicyclic) bond motifs is 1. The molecule has 1 heterocycles. The number of benzene rings is 1. The van der Waals surface area contributed by atoms with Crippen LogP contribution >= 0.6 is 0 Å². The Bertz CT molecular complexity index is 583. The second kappa shape index (κ2) is 6.48. The van der Waals surface area contributed by atoms with Crippen molar-refractivity contribution >= 4 is 0 Å². The van der Waals surface area contributed by atoms with Crippen LogP contribution in [-0.2, 0) is 19.5 Å². The van der Waals surface area contributed by atoms with Crippen LogP contribution in [0, 0.1) is 0 Å². The minimum atomic E-state index is 0.531. The van der Waals surface area contributed by atoms with E-state index < -0.39 is 0 Å². The van der Waals surface area contributed by atoms with Crippen LogP contribution in [0.25, 0.3) is 0 Å². The lowest BCUT2D eigenvalue weighted by Gasteiger charge is -2.26. The quantitative estimate of drug-likeness (QED) is 0.873. The number of aromatic nitrogens is 1. The molecule has 21 heavy (non-hydrogen) atoms. The molecule has 1 N–H and O–H groups in total. The van der Waals surface area contributed by atoms with Gasteiger partial charge < -0.3 is 9.88 Å². The zero-order chi connectivity index (χ0) is 14.7. The highest BCUT2D eigenvalue weighted by molar-refractivity contribution is 5.32. The van der Waals surface area contributed by atoms with Gasteiger partial charge in [0, 0.05) is 36.9 Å². The van der Waals surface area contributed by atoms with Crippen LogP contribution in [0.4, 0.5) is 0 Å². The smallest absolute Gasteiger partial charge is 0.0361 e. The molecule has 1 aliphatic rings. The number of rotatable bonds is 5. The highest BCUT2D eigenvalue weighted by Gasteiger charge is 2.20. The van der Waals surface area contributed by atoms with Crippen molar-refractivity contribution in [2.75, 3.05) is 0 Å². The summed E-state index contributed by atoms with van der Waals surface area (Å²) in [5.41, 5.74) is 4.52. The van der Waals surface area contributed by atoms with Gasteiger partial charge in [-0.2, -0.15) is 0 Å². The summed E-state index contributed by atoms with van der Waals surface area (Å²) in [6.45, 7) is 6.47. The van der Waals surface area contributed by atoms with Gasteiger partial charge in [-0.25, -0.2) is 0 Å². The minimum Gasteiger partial charge on any atom is -0.350 e. The molecule has 1 aromatic carbocycles. The highest BCUT2D eigenvalue weighted by Crippen LogP contribution is 2.32. The van der Waals surface area contributed by atoms with Crippen LogP contribution in [0.2, 0.25) is 0 Å². The molecule has 0 bridgehead atoms. The largest absolute Gasteiger partial charge is 0.350 e. The van der Waals surface area contributed by atoms with Gasteiger partial charge >= 0.3 is 0 Å². The van der Waals surface area contributed by atoms with Crippen LogP contribution in [0.3, 0.4) is 0 Å². The van der Waals surface area contributed by atoms with E-state index in [-0.39, 0.29) is 0 Å². The van der Waals surface area contributed by atoms with Crippen molar-refractivity contribution in [3.05, 3.63) is 59.4 Å². The Labute approximate surface area is 128 Å². The van der Waals surface area contributed by atoms with E-state index in [1.807, 2.05) is 0 Å². The van der Waals surface area contributed by atoms with Crippen molar-refractivity contribution in [2.45, 2.75) is 58.2 Å². The standard InChI is InChI=1S/C19H26N2/c1-15(2)20-13-18-10-6-12-21(18)14-17-9-5-8-16-7-3-4-11-19(16)17/h3-4,6-7,10-12,15,17,20H,5,8-9,13-14H2,1-2H3. The summed E-state index contributed by atoms with van der Waals surface area (Å²) in [5, 5.41) is 3.52. The third-order valence-corrected chi connectivity index (χ3v) is 4.53. The number of hydrogen-bond donors (Lipinski definition) is 1. The van der Waals surface area contributed by atoms with E-state index in [4.69, 9.17) is 0 Å². The van der Waals surface area contributed by atoms with Crippen molar-refractivity contribution in [3.63, 3.8) is 0 Å². The Hall–Kier alpha value is -1.54. The average molecular weight is 282 g/mol. The van der Waals surface area contributed by atoms with Crippen LogP contribution in [0.15, 0.2) is 42.6 Å². The lowest BCUT2D eigenvalue weighted by Crippen LogP contribution is -2.24. The zero-order valence-electron chi connectivity index (χ0n) is 13.2. The molecule has 1 aromatic heterocycles. The van der Waals surface area contributed by atoms with Gasteiger partial charge in [0.15, 0.2) is 0 Å². The highest BCUT2D eigenvalue weighted by atomic mass is 15.0. The maximum Gasteiger partial charge on any atom is 0.0361 e. The zero-order valence-corrected chi connectivity index (χ0v) is 13.2. The summed E-state index contributed by atoms with van der Waals surface area (Å²) in [4.78, 5) is 0. The number of nitrogens with zero attached hydrogens (tertiary/aromatic N) is 1. The number of aryl methyl sites for hydroxylation is 1. The van der Waals surface area contributed by atoms with Crippen molar-refractivity contribution in [1.82, 2.24) is 9.88 Å². The molecule has 112 valence electrons. The summed E-state index contributed by atoms with van der Waals surface area (Å²) in [6.07, 6.45) is 6.11. The van der Waals surface area contributed by atoms with Gasteiger partial charge in [-0.3, -0.25) is 0 Å². The van der Waals surface area contributed by atoms with E-state index in [2.05, 4.69) is 66.3 Å². The SMILES string of the molecule is CC(C)NCc1cccn1CC1CCCc2ccccc21. The Kier molecular flexibility index (Phi) is 4.45. The summed E-state index contributed by atoms with van der Waals surface area (Å²) < 4.78 is 2.43. The minimum absolute atomic E-state index is 0.531. The van der Waals surface area contributed by atoms with E-state index in [0.717, 1.165) is 13.1 Å². The third kappa shape index (κ3) is 3.38. The second-order valence-electron chi connectivity index (χ2n) is 6.48. The molecular weight excluding hydrogens is 256 g/mol. The maximum absolute atomic E-state index is 3.52. The van der Waals surface area contributed by atoms with Crippen LogP contribution in [-0.4, -0.2) is 10.6 Å². The van der Waals surface area contributed by atoms with Crippen molar-refractivity contribution < 1.29 is 0 Å². The molecule has 0 aliphatic heterocycles. The lowest BCUT2D eigenvalue weighted by molar-refractivity contribution is 0.467. The molecule has 1 atom stereocenters. The van der Waals surface area contributed by atoms with Crippen LogP contribution in [0.1, 0.15) is 49.4 Å². The first kappa shape index (κ1) is 14.4. The first-order valence-corrected chi connectivity index (χ1v) is 8.19. The topological polar surface area (TPSA) is 17.0 Å². The molecule has 1 aliphatic carbocycles. The Balaban J connectivity index is 1.75. The average Bonchev–Trinajstić information content (AvgIpc) is 2.93. The van der Waals surface area contributed by atoms with E-state index in [1.165, 1.54) is 25.0 Å². The van der Waals surface area contributed by atoms with Gasteiger partial charge in [0.2, 0.25) is 0 Å². The van der Waals surface area contributed by atoms with Gasteiger partial charge in [-0.05, 0) is 42.5 Å². The first-order chi connectivity index (χ1) is 10.2. The summed E-state index contributed by atoms with van der Waals surface area (Å²) in [7, 11) is 0. The first-order valence-electron chi connectivity index (χ1n) is 8.19. The fraction of sp³-hybridized carbons (Fsp3) is 0.474. The molecule has 0 radical (unpaired) electrons. The Morgan fingerprint density at radius 3 is 2.90 bits per heavy atom. The van der Waals surface area contributed by atoms with E-state index in [9.17, 15) is 0 Å². The Morgan fingerprint density at radius 1 is 1.19 bits per heavy atom. The predicted octanol–water partition coefficient (Wildman–Crippen LogP) is 4.11. The van der Waals surface area contributed by atoms with Gasteiger partial charge in [-0.15, -0.1) is 0 Å². The molecule has 2 heteroatoms. The lowest BCUT2D eigenvalue weighted by atomic mass is 9.83. The molecule has 0 spiro atoms. The molecule has 1 unspecified atom stereocenters. The van der Waals surface area contributed by atoms with Gasteiger partial charge in [0.25, 0.3) is 0 Å². The second-order valence-corrected chi connectivity index (χ2v) is 6.48. The molecule has 2 nitrogen and oxygen atoms in total. The molecule has 0 fully saturated rings. The monoisotopic (exact) mass is 282 g/mol. The predicted molar refractivity (Wildman–Crippen MR) is 88.5 cm³/mol. The Morgan fingerprint density at radius 2 is 2.05 bits per heavy atom. The molecule has 0 saturated carbocycles. The third-order valence-electron chi connectivity index (χ3n) is 4.53. The van der Waals surface area contributed by atoms with Crippen LogP contribution < -0.4 is 5.32 Å². The van der Waals surface area contributed by atoms with Crippen LogP contribution in [0.5, 0.6) is 0 Å². The van der Waals surface area contributed by atoms with Crippen molar-refractivity contribution in [1.29, 1.82) is 0 Å². The number of hydrogen-bond acceptors (Lipinski definition) is 1. The van der Waals surface area contributed by atoms with Gasteiger partial charge in [0.05, 0.1) is 0 Å². The summed E-state index contributed by atoms with van der Waals surface area (Å²) >= 11 is 0. The molecular formula is C19H26N2. The van der Waals surface area contributed by atoms with E-state index in [1.54, 1.807) is 11.1 Å². The fourth-order valence-corrected chi connectivity index (χ4v) is 3.38. The normalized spacial score (nSPS) is 18.0. The maximum atomic E-state index is 3.52. The summed E-state index contributed by atoms with van der Waals surface area (Å²) in [6, 6.07) is 13.9. The van der Waals surface area contributed by atoms with Crippen molar-refractivity contribution in [3.8, 4) is 0 Å². The summed E-state index contributed by atoms with van der Waals surface area (Å²) in [5.74, 6) is 0.667. The van der Waals surface area contributed by atoms with E-state index in [0.29, 0.717) is 12.0 Å². The molecule has 0 saturated heterocycles.